The SMILES string of the molecule is Cc1cccc(Cn2ncc(NC3CC3)cc2=O)c1. The maximum absolute atomic E-state index is 12.0. The molecular weight excluding hydrogens is 238 g/mol. The van der Waals surface area contributed by atoms with Crippen LogP contribution in [0.25, 0.3) is 0 Å². The number of hydrogen-bond donors (Lipinski definition) is 1. The van der Waals surface area contributed by atoms with Crippen LogP contribution in [0.3, 0.4) is 0 Å². The van der Waals surface area contributed by atoms with Crippen LogP contribution in [0.5, 0.6) is 0 Å². The summed E-state index contributed by atoms with van der Waals surface area (Å²) in [6.07, 6.45) is 4.11. The molecule has 0 radical (unpaired) electrons. The molecule has 0 unspecified atom stereocenters. The zero-order chi connectivity index (χ0) is 13.2. The Balaban J connectivity index is 1.79. The van der Waals surface area contributed by atoms with Crippen molar-refractivity contribution in [1.29, 1.82) is 0 Å². The van der Waals surface area contributed by atoms with Gasteiger partial charge >= 0.3 is 0 Å². The summed E-state index contributed by atoms with van der Waals surface area (Å²) in [5.74, 6) is 0. The fraction of sp³-hybridized carbons (Fsp3) is 0.333. The van der Waals surface area contributed by atoms with Crippen LogP contribution in [0.4, 0.5) is 5.69 Å². The molecule has 0 amide bonds. The van der Waals surface area contributed by atoms with E-state index in [1.165, 1.54) is 23.1 Å². The Morgan fingerprint density at radius 3 is 2.89 bits per heavy atom. The highest BCUT2D eigenvalue weighted by molar-refractivity contribution is 5.41. The molecule has 4 nitrogen and oxygen atoms in total. The average Bonchev–Trinajstić information content (AvgIpc) is 3.17. The number of nitrogens with one attached hydrogen (secondary N) is 1. The summed E-state index contributed by atoms with van der Waals surface area (Å²) in [5, 5.41) is 7.51. The molecular formula is C15H17N3O. The second-order valence-corrected chi connectivity index (χ2v) is 5.15. The van der Waals surface area contributed by atoms with E-state index in [0.717, 1.165) is 11.3 Å². The first-order valence-corrected chi connectivity index (χ1v) is 6.60. The molecule has 1 aliphatic carbocycles. The van der Waals surface area contributed by atoms with Crippen molar-refractivity contribution in [2.24, 2.45) is 0 Å². The normalized spacial score (nSPS) is 14.4. The Bertz CT molecular complexity index is 644. The van der Waals surface area contributed by atoms with Crippen LogP contribution >= 0.6 is 0 Å². The average molecular weight is 255 g/mol. The minimum Gasteiger partial charge on any atom is -0.381 e. The van der Waals surface area contributed by atoms with E-state index in [-0.39, 0.29) is 5.56 Å². The van der Waals surface area contributed by atoms with Crippen LogP contribution in [0.2, 0.25) is 0 Å². The third-order valence-corrected chi connectivity index (χ3v) is 3.23. The van der Waals surface area contributed by atoms with E-state index in [4.69, 9.17) is 0 Å². The molecule has 0 saturated heterocycles. The lowest BCUT2D eigenvalue weighted by molar-refractivity contribution is 0.639. The van der Waals surface area contributed by atoms with E-state index in [1.54, 1.807) is 12.3 Å². The lowest BCUT2D eigenvalue weighted by Gasteiger charge is -2.07. The summed E-state index contributed by atoms with van der Waals surface area (Å²) >= 11 is 0. The van der Waals surface area contributed by atoms with Crippen molar-refractivity contribution in [2.75, 3.05) is 5.32 Å². The van der Waals surface area contributed by atoms with Gasteiger partial charge in [0.05, 0.1) is 18.4 Å². The predicted molar refractivity (Wildman–Crippen MR) is 75.4 cm³/mol. The molecule has 98 valence electrons. The predicted octanol–water partition coefficient (Wildman–Crippen LogP) is 2.17. The first-order chi connectivity index (χ1) is 9.20. The minimum absolute atomic E-state index is 0.0628. The van der Waals surface area contributed by atoms with Crippen molar-refractivity contribution in [3.63, 3.8) is 0 Å². The Kier molecular flexibility index (Phi) is 3.07. The number of nitrogens with zero attached hydrogens (tertiary/aromatic N) is 2. The highest BCUT2D eigenvalue weighted by Crippen LogP contribution is 2.23. The zero-order valence-corrected chi connectivity index (χ0v) is 11.0. The maximum atomic E-state index is 12.0. The van der Waals surface area contributed by atoms with Gasteiger partial charge in [-0.15, -0.1) is 0 Å². The third kappa shape index (κ3) is 3.02. The van der Waals surface area contributed by atoms with E-state index in [2.05, 4.69) is 16.5 Å². The Morgan fingerprint density at radius 1 is 1.37 bits per heavy atom. The number of benzene rings is 1. The van der Waals surface area contributed by atoms with Crippen molar-refractivity contribution in [2.45, 2.75) is 32.4 Å². The maximum Gasteiger partial charge on any atom is 0.269 e. The first kappa shape index (κ1) is 12.0. The van der Waals surface area contributed by atoms with E-state index in [0.29, 0.717) is 12.6 Å². The van der Waals surface area contributed by atoms with Gasteiger partial charge in [-0.3, -0.25) is 4.79 Å². The van der Waals surface area contributed by atoms with Gasteiger partial charge in [0, 0.05) is 12.1 Å². The molecule has 1 aliphatic rings. The smallest absolute Gasteiger partial charge is 0.269 e. The van der Waals surface area contributed by atoms with Gasteiger partial charge < -0.3 is 5.32 Å². The number of aryl methyl sites for hydroxylation is 1. The number of anilines is 1. The molecule has 0 atom stereocenters. The van der Waals surface area contributed by atoms with E-state index in [9.17, 15) is 4.79 Å². The quantitative estimate of drug-likeness (QED) is 0.910. The lowest BCUT2D eigenvalue weighted by Crippen LogP contribution is -2.23. The summed E-state index contributed by atoms with van der Waals surface area (Å²) in [5.41, 5.74) is 3.05. The molecule has 1 aromatic heterocycles. The lowest BCUT2D eigenvalue weighted by atomic mass is 10.1. The minimum atomic E-state index is -0.0628. The van der Waals surface area contributed by atoms with E-state index in [1.807, 2.05) is 25.1 Å². The van der Waals surface area contributed by atoms with Gasteiger partial charge in [0.1, 0.15) is 0 Å². The Labute approximate surface area is 112 Å². The molecule has 0 bridgehead atoms. The summed E-state index contributed by atoms with van der Waals surface area (Å²) < 4.78 is 1.49. The highest BCUT2D eigenvalue weighted by Gasteiger charge is 2.21. The Hall–Kier alpha value is -2.10. The second kappa shape index (κ2) is 4.88. The van der Waals surface area contributed by atoms with Gasteiger partial charge in [0.2, 0.25) is 0 Å². The van der Waals surface area contributed by atoms with Crippen molar-refractivity contribution < 1.29 is 0 Å². The van der Waals surface area contributed by atoms with E-state index >= 15 is 0 Å². The van der Waals surface area contributed by atoms with Crippen LogP contribution in [-0.2, 0) is 6.54 Å². The van der Waals surface area contributed by atoms with Crippen molar-refractivity contribution in [1.82, 2.24) is 9.78 Å². The number of hydrogen-bond acceptors (Lipinski definition) is 3. The van der Waals surface area contributed by atoms with Crippen molar-refractivity contribution >= 4 is 5.69 Å². The topological polar surface area (TPSA) is 46.9 Å². The molecule has 1 N–H and O–H groups in total. The van der Waals surface area contributed by atoms with Crippen LogP contribution < -0.4 is 10.9 Å². The highest BCUT2D eigenvalue weighted by atomic mass is 16.1. The molecule has 4 heteroatoms. The molecule has 19 heavy (non-hydrogen) atoms. The van der Waals surface area contributed by atoms with Gasteiger partial charge in [0.25, 0.3) is 5.56 Å². The fourth-order valence-corrected chi connectivity index (χ4v) is 2.08. The van der Waals surface area contributed by atoms with Crippen LogP contribution in [-0.4, -0.2) is 15.8 Å². The first-order valence-electron chi connectivity index (χ1n) is 6.60. The molecule has 1 heterocycles. The molecule has 2 aromatic rings. The summed E-state index contributed by atoms with van der Waals surface area (Å²) in [4.78, 5) is 12.0. The molecule has 0 spiro atoms. The van der Waals surface area contributed by atoms with Crippen molar-refractivity contribution in [3.05, 3.63) is 58.0 Å². The largest absolute Gasteiger partial charge is 0.381 e. The van der Waals surface area contributed by atoms with Gasteiger partial charge in [0.15, 0.2) is 0 Å². The van der Waals surface area contributed by atoms with Gasteiger partial charge in [-0.2, -0.15) is 5.10 Å². The third-order valence-electron chi connectivity index (χ3n) is 3.23. The van der Waals surface area contributed by atoms with Crippen molar-refractivity contribution in [3.8, 4) is 0 Å². The van der Waals surface area contributed by atoms with Crippen LogP contribution in [0.15, 0.2) is 41.3 Å². The summed E-state index contributed by atoms with van der Waals surface area (Å²) in [6, 6.07) is 10.3. The zero-order valence-electron chi connectivity index (χ0n) is 11.0. The van der Waals surface area contributed by atoms with Crippen LogP contribution in [0, 0.1) is 6.92 Å². The summed E-state index contributed by atoms with van der Waals surface area (Å²) in [7, 11) is 0. The Morgan fingerprint density at radius 2 is 2.21 bits per heavy atom. The number of aromatic nitrogens is 2. The standard InChI is InChI=1S/C15H17N3O/c1-11-3-2-4-12(7-11)10-18-15(19)8-14(9-16-18)17-13-5-6-13/h2-4,7-9,13,17H,5-6,10H2,1H3. The summed E-state index contributed by atoms with van der Waals surface area (Å²) in [6.45, 7) is 2.56. The van der Waals surface area contributed by atoms with E-state index < -0.39 is 0 Å². The molecule has 0 aliphatic heterocycles. The van der Waals surface area contributed by atoms with Gasteiger partial charge in [-0.05, 0) is 25.3 Å². The van der Waals surface area contributed by atoms with Crippen LogP contribution in [0.1, 0.15) is 24.0 Å². The van der Waals surface area contributed by atoms with Gasteiger partial charge in [-0.25, -0.2) is 4.68 Å². The molecule has 1 fully saturated rings. The number of rotatable bonds is 4. The van der Waals surface area contributed by atoms with Gasteiger partial charge in [-0.1, -0.05) is 29.8 Å². The monoisotopic (exact) mass is 255 g/mol. The fourth-order valence-electron chi connectivity index (χ4n) is 2.08. The molecule has 1 saturated carbocycles. The second-order valence-electron chi connectivity index (χ2n) is 5.15. The molecule has 3 rings (SSSR count). The molecule has 1 aromatic carbocycles.